The van der Waals surface area contributed by atoms with E-state index < -0.39 is 0 Å². The summed E-state index contributed by atoms with van der Waals surface area (Å²) in [5.74, 6) is 1.72. The van der Waals surface area contributed by atoms with Crippen molar-refractivity contribution in [1.82, 2.24) is 0 Å². The third-order valence-electron chi connectivity index (χ3n) is 2.83. The van der Waals surface area contributed by atoms with Gasteiger partial charge in [-0.2, -0.15) is 0 Å². The minimum absolute atomic E-state index is 0. The van der Waals surface area contributed by atoms with E-state index in [1.54, 1.807) is 14.2 Å². The molecule has 0 aromatic heterocycles. The highest BCUT2D eigenvalue weighted by Crippen LogP contribution is 2.39. The molecule has 2 aromatic carbocycles. The number of anilines is 1. The molecule has 0 spiro atoms. The SMILES string of the molecule is COc1cc(NC(C)C)c(OC)c2ccccc12.Cl. The molecule has 0 aliphatic carbocycles. The van der Waals surface area contributed by atoms with E-state index >= 15 is 0 Å². The van der Waals surface area contributed by atoms with Crippen molar-refractivity contribution < 1.29 is 9.47 Å². The van der Waals surface area contributed by atoms with E-state index in [2.05, 4.69) is 19.2 Å². The first kappa shape index (κ1) is 15.4. The molecule has 2 rings (SSSR count). The first-order valence-electron chi connectivity index (χ1n) is 6.07. The summed E-state index contributed by atoms with van der Waals surface area (Å²) in [6.07, 6.45) is 0. The van der Waals surface area contributed by atoms with Crippen molar-refractivity contribution in [3.8, 4) is 11.5 Å². The van der Waals surface area contributed by atoms with E-state index in [1.807, 2.05) is 30.3 Å². The minimum atomic E-state index is 0. The highest BCUT2D eigenvalue weighted by atomic mass is 35.5. The van der Waals surface area contributed by atoms with E-state index in [-0.39, 0.29) is 12.4 Å². The monoisotopic (exact) mass is 281 g/mol. The predicted molar refractivity (Wildman–Crippen MR) is 83.1 cm³/mol. The van der Waals surface area contributed by atoms with Gasteiger partial charge in [0.05, 0.1) is 19.9 Å². The Balaban J connectivity index is 0.00000180. The lowest BCUT2D eigenvalue weighted by atomic mass is 10.1. The van der Waals surface area contributed by atoms with Crippen LogP contribution in [-0.2, 0) is 0 Å². The van der Waals surface area contributed by atoms with Crippen LogP contribution < -0.4 is 14.8 Å². The van der Waals surface area contributed by atoms with Gasteiger partial charge in [-0.25, -0.2) is 0 Å². The van der Waals surface area contributed by atoms with Crippen molar-refractivity contribution in [2.24, 2.45) is 0 Å². The number of halogens is 1. The molecule has 0 bridgehead atoms. The number of ether oxygens (including phenoxy) is 2. The van der Waals surface area contributed by atoms with E-state index in [0.29, 0.717) is 6.04 Å². The van der Waals surface area contributed by atoms with Gasteiger partial charge >= 0.3 is 0 Å². The Morgan fingerprint density at radius 2 is 1.63 bits per heavy atom. The van der Waals surface area contributed by atoms with E-state index in [1.165, 1.54) is 0 Å². The van der Waals surface area contributed by atoms with Gasteiger partial charge in [0.25, 0.3) is 0 Å². The molecule has 104 valence electrons. The summed E-state index contributed by atoms with van der Waals surface area (Å²) in [5, 5.41) is 5.51. The van der Waals surface area contributed by atoms with Crippen molar-refractivity contribution in [2.45, 2.75) is 19.9 Å². The van der Waals surface area contributed by atoms with Crippen LogP contribution in [-0.4, -0.2) is 20.3 Å². The van der Waals surface area contributed by atoms with Gasteiger partial charge in [-0.15, -0.1) is 12.4 Å². The van der Waals surface area contributed by atoms with Crippen LogP contribution >= 0.6 is 12.4 Å². The Morgan fingerprint density at radius 3 is 2.16 bits per heavy atom. The molecule has 0 amide bonds. The number of methoxy groups -OCH3 is 2. The van der Waals surface area contributed by atoms with Gasteiger partial charge in [0.15, 0.2) is 0 Å². The van der Waals surface area contributed by atoms with Crippen LogP contribution in [0.3, 0.4) is 0 Å². The average molecular weight is 282 g/mol. The number of hydrogen-bond acceptors (Lipinski definition) is 3. The second kappa shape index (κ2) is 6.53. The molecule has 1 N–H and O–H groups in total. The lowest BCUT2D eigenvalue weighted by Crippen LogP contribution is -2.11. The quantitative estimate of drug-likeness (QED) is 0.915. The highest BCUT2D eigenvalue weighted by Gasteiger charge is 2.13. The number of benzene rings is 2. The topological polar surface area (TPSA) is 30.5 Å². The van der Waals surface area contributed by atoms with E-state index in [4.69, 9.17) is 9.47 Å². The molecule has 0 saturated heterocycles. The third kappa shape index (κ3) is 3.04. The fourth-order valence-corrected chi connectivity index (χ4v) is 2.12. The van der Waals surface area contributed by atoms with E-state index in [9.17, 15) is 0 Å². The van der Waals surface area contributed by atoms with Gasteiger partial charge in [0.2, 0.25) is 0 Å². The van der Waals surface area contributed by atoms with Crippen molar-refractivity contribution >= 4 is 28.9 Å². The second-order valence-corrected chi connectivity index (χ2v) is 4.50. The van der Waals surface area contributed by atoms with Gasteiger partial charge < -0.3 is 14.8 Å². The van der Waals surface area contributed by atoms with Crippen LogP contribution in [0, 0.1) is 0 Å². The minimum Gasteiger partial charge on any atom is -0.496 e. The Labute approximate surface area is 120 Å². The molecule has 0 fully saturated rings. The molecule has 0 heterocycles. The van der Waals surface area contributed by atoms with Crippen molar-refractivity contribution in [3.63, 3.8) is 0 Å². The third-order valence-corrected chi connectivity index (χ3v) is 2.83. The number of fused-ring (bicyclic) bond motifs is 1. The maximum absolute atomic E-state index is 5.54. The summed E-state index contributed by atoms with van der Waals surface area (Å²) < 4.78 is 11.0. The second-order valence-electron chi connectivity index (χ2n) is 4.50. The summed E-state index contributed by atoms with van der Waals surface area (Å²) in [6.45, 7) is 4.20. The molecule has 19 heavy (non-hydrogen) atoms. The molecule has 4 heteroatoms. The molecule has 2 aromatic rings. The molecule has 0 aliphatic rings. The van der Waals surface area contributed by atoms with E-state index in [0.717, 1.165) is 28.0 Å². The Morgan fingerprint density at radius 1 is 1.00 bits per heavy atom. The van der Waals surface area contributed by atoms with Crippen LogP contribution in [0.15, 0.2) is 30.3 Å². The Bertz CT molecular complexity index is 555. The van der Waals surface area contributed by atoms with Crippen LogP contribution in [0.2, 0.25) is 0 Å². The molecule has 0 saturated carbocycles. The summed E-state index contributed by atoms with van der Waals surface area (Å²) in [6, 6.07) is 10.4. The van der Waals surface area contributed by atoms with Gasteiger partial charge in [-0.3, -0.25) is 0 Å². The zero-order valence-electron chi connectivity index (χ0n) is 11.7. The Kier molecular flexibility index (Phi) is 5.31. The highest BCUT2D eigenvalue weighted by molar-refractivity contribution is 5.98. The fourth-order valence-electron chi connectivity index (χ4n) is 2.12. The molecule has 3 nitrogen and oxygen atoms in total. The van der Waals surface area contributed by atoms with Crippen molar-refractivity contribution in [3.05, 3.63) is 30.3 Å². The lowest BCUT2D eigenvalue weighted by Gasteiger charge is -2.18. The first-order valence-corrected chi connectivity index (χ1v) is 6.07. The molecule has 0 aliphatic heterocycles. The maximum Gasteiger partial charge on any atom is 0.150 e. The average Bonchev–Trinajstić information content (AvgIpc) is 2.37. The summed E-state index contributed by atoms with van der Waals surface area (Å²) in [4.78, 5) is 0. The van der Waals surface area contributed by atoms with Gasteiger partial charge in [0, 0.05) is 22.9 Å². The maximum atomic E-state index is 5.54. The standard InChI is InChI=1S/C15H19NO2.ClH/c1-10(2)16-13-9-14(17-3)11-7-5-6-8-12(11)15(13)18-4;/h5-10,16H,1-4H3;1H. The lowest BCUT2D eigenvalue weighted by molar-refractivity contribution is 0.411. The molecule has 0 atom stereocenters. The summed E-state index contributed by atoms with van der Waals surface area (Å²) in [7, 11) is 3.38. The largest absolute Gasteiger partial charge is 0.496 e. The van der Waals surface area contributed by atoms with Gasteiger partial charge in [-0.1, -0.05) is 24.3 Å². The van der Waals surface area contributed by atoms with Gasteiger partial charge in [-0.05, 0) is 13.8 Å². The number of rotatable bonds is 4. The summed E-state index contributed by atoms with van der Waals surface area (Å²) in [5.41, 5.74) is 0.961. The zero-order chi connectivity index (χ0) is 13.1. The van der Waals surface area contributed by atoms with Crippen LogP contribution in [0.4, 0.5) is 5.69 Å². The molecule has 0 radical (unpaired) electrons. The predicted octanol–water partition coefficient (Wildman–Crippen LogP) is 4.10. The van der Waals surface area contributed by atoms with Crippen LogP contribution in [0.25, 0.3) is 10.8 Å². The summed E-state index contributed by atoms with van der Waals surface area (Å²) >= 11 is 0. The smallest absolute Gasteiger partial charge is 0.150 e. The molecule has 0 unspecified atom stereocenters. The van der Waals surface area contributed by atoms with Crippen molar-refractivity contribution in [1.29, 1.82) is 0 Å². The normalized spacial score (nSPS) is 10.2. The Hall–Kier alpha value is -1.61. The first-order chi connectivity index (χ1) is 8.67. The fraction of sp³-hybridized carbons (Fsp3) is 0.333. The van der Waals surface area contributed by atoms with Crippen molar-refractivity contribution in [2.75, 3.05) is 19.5 Å². The number of hydrogen-bond donors (Lipinski definition) is 1. The van der Waals surface area contributed by atoms with Crippen LogP contribution in [0.1, 0.15) is 13.8 Å². The number of nitrogens with one attached hydrogen (secondary N) is 1. The van der Waals surface area contributed by atoms with Gasteiger partial charge in [0.1, 0.15) is 11.5 Å². The van der Waals surface area contributed by atoms with Crippen LogP contribution in [0.5, 0.6) is 11.5 Å². The molecular weight excluding hydrogens is 262 g/mol. The zero-order valence-corrected chi connectivity index (χ0v) is 12.5. The molecular formula is C15H20ClNO2.